The lowest BCUT2D eigenvalue weighted by atomic mass is 10.1. The lowest BCUT2D eigenvalue weighted by molar-refractivity contribution is -0.129. The van der Waals surface area contributed by atoms with Gasteiger partial charge in [-0.1, -0.05) is 30.3 Å². The number of likely N-dealkylation sites (N-methyl/N-ethyl adjacent to an activating group) is 1. The molecule has 0 unspecified atom stereocenters. The van der Waals surface area contributed by atoms with E-state index in [0.717, 1.165) is 5.69 Å². The summed E-state index contributed by atoms with van der Waals surface area (Å²) in [4.78, 5) is 25.4. The van der Waals surface area contributed by atoms with Crippen molar-refractivity contribution in [3.63, 3.8) is 0 Å². The number of piperazine rings is 1. The van der Waals surface area contributed by atoms with Gasteiger partial charge in [0.05, 0.1) is 28.3 Å². The van der Waals surface area contributed by atoms with Crippen molar-refractivity contribution in [3.05, 3.63) is 79.0 Å². The van der Waals surface area contributed by atoms with Crippen molar-refractivity contribution in [1.29, 1.82) is 0 Å². The molecule has 8 nitrogen and oxygen atoms in total. The van der Waals surface area contributed by atoms with E-state index >= 15 is 0 Å². The minimum atomic E-state index is -3.76. The summed E-state index contributed by atoms with van der Waals surface area (Å²) < 4.78 is 28.5. The Bertz CT molecular complexity index is 1470. The monoisotopic (exact) mass is 473 g/mol. The van der Waals surface area contributed by atoms with Crippen molar-refractivity contribution in [2.24, 2.45) is 0 Å². The largest absolute Gasteiger partial charge is 0.359 e. The summed E-state index contributed by atoms with van der Waals surface area (Å²) >= 11 is 0. The van der Waals surface area contributed by atoms with E-state index in [2.05, 4.69) is 9.71 Å². The van der Waals surface area contributed by atoms with Gasteiger partial charge in [0.1, 0.15) is 5.52 Å². The Labute approximate surface area is 197 Å². The zero-order valence-corrected chi connectivity index (χ0v) is 19.4. The van der Waals surface area contributed by atoms with Crippen LogP contribution in [-0.4, -0.2) is 55.9 Å². The van der Waals surface area contributed by atoms with Crippen molar-refractivity contribution in [2.45, 2.75) is 4.90 Å². The standard InChI is InChI=1S/C25H23N5O3S/c1-29-14-15-30(17-24(29)31)23-12-13-26-22-11-10-21(27-25(22)23)18-6-5-9-20(16-18)34(32,33)28-19-7-3-2-4-8-19/h2-13,16,28H,14-15,17H2,1H3. The number of aromatic nitrogens is 2. The Morgan fingerprint density at radius 1 is 0.941 bits per heavy atom. The maximum absolute atomic E-state index is 12.9. The quantitative estimate of drug-likeness (QED) is 0.478. The SMILES string of the molecule is CN1CCN(c2ccnc3ccc(-c4cccc(S(=O)(=O)Nc5ccccc5)c4)nc23)CC1=O. The van der Waals surface area contributed by atoms with Crippen LogP contribution >= 0.6 is 0 Å². The molecule has 0 aliphatic carbocycles. The molecule has 172 valence electrons. The number of amides is 1. The maximum Gasteiger partial charge on any atom is 0.261 e. The average Bonchev–Trinajstić information content (AvgIpc) is 2.85. The van der Waals surface area contributed by atoms with E-state index in [4.69, 9.17) is 4.98 Å². The van der Waals surface area contributed by atoms with Gasteiger partial charge in [-0.2, -0.15) is 0 Å². The Morgan fingerprint density at radius 2 is 1.76 bits per heavy atom. The highest BCUT2D eigenvalue weighted by Gasteiger charge is 2.23. The molecule has 34 heavy (non-hydrogen) atoms. The number of benzene rings is 2. The molecular weight excluding hydrogens is 450 g/mol. The van der Waals surface area contributed by atoms with Gasteiger partial charge in [0, 0.05) is 37.6 Å². The van der Waals surface area contributed by atoms with Crippen LogP contribution in [0.15, 0.2) is 83.9 Å². The summed E-state index contributed by atoms with van der Waals surface area (Å²) in [7, 11) is -1.96. The Hall–Kier alpha value is -3.98. The number of para-hydroxylation sites is 1. The van der Waals surface area contributed by atoms with Gasteiger partial charge in [-0.3, -0.25) is 14.5 Å². The van der Waals surface area contributed by atoms with Crippen LogP contribution in [0.2, 0.25) is 0 Å². The molecule has 1 aliphatic rings. The zero-order valence-electron chi connectivity index (χ0n) is 18.5. The molecule has 1 fully saturated rings. The van der Waals surface area contributed by atoms with E-state index in [1.165, 1.54) is 0 Å². The number of carbonyl (C=O) groups is 1. The number of hydrogen-bond acceptors (Lipinski definition) is 6. The lowest BCUT2D eigenvalue weighted by Gasteiger charge is -2.33. The highest BCUT2D eigenvalue weighted by Crippen LogP contribution is 2.29. The second-order valence-corrected chi connectivity index (χ2v) is 9.81. The van der Waals surface area contributed by atoms with E-state index in [0.29, 0.717) is 41.1 Å². The summed E-state index contributed by atoms with van der Waals surface area (Å²) in [5.74, 6) is 0.0520. The molecule has 1 N–H and O–H groups in total. The number of nitrogens with zero attached hydrogens (tertiary/aromatic N) is 4. The molecule has 0 atom stereocenters. The molecule has 1 aliphatic heterocycles. The topological polar surface area (TPSA) is 95.5 Å². The summed E-state index contributed by atoms with van der Waals surface area (Å²) in [6, 6.07) is 21.0. The van der Waals surface area contributed by atoms with E-state index < -0.39 is 10.0 Å². The van der Waals surface area contributed by atoms with Crippen molar-refractivity contribution >= 4 is 38.3 Å². The van der Waals surface area contributed by atoms with Crippen LogP contribution in [-0.2, 0) is 14.8 Å². The molecule has 2 aromatic carbocycles. The van der Waals surface area contributed by atoms with Crippen molar-refractivity contribution in [1.82, 2.24) is 14.9 Å². The molecule has 0 saturated carbocycles. The van der Waals surface area contributed by atoms with Gasteiger partial charge in [0.25, 0.3) is 10.0 Å². The van der Waals surface area contributed by atoms with Gasteiger partial charge in [-0.15, -0.1) is 0 Å². The van der Waals surface area contributed by atoms with Gasteiger partial charge in [-0.25, -0.2) is 13.4 Å². The third kappa shape index (κ3) is 4.29. The van der Waals surface area contributed by atoms with Gasteiger partial charge >= 0.3 is 0 Å². The van der Waals surface area contributed by atoms with E-state index in [1.54, 1.807) is 60.6 Å². The van der Waals surface area contributed by atoms with Crippen molar-refractivity contribution < 1.29 is 13.2 Å². The molecule has 9 heteroatoms. The van der Waals surface area contributed by atoms with Crippen molar-refractivity contribution in [3.8, 4) is 11.3 Å². The zero-order chi connectivity index (χ0) is 23.7. The first kappa shape index (κ1) is 21.8. The minimum absolute atomic E-state index is 0.0520. The highest BCUT2D eigenvalue weighted by molar-refractivity contribution is 7.92. The number of nitrogens with one attached hydrogen (secondary N) is 1. The maximum atomic E-state index is 12.9. The smallest absolute Gasteiger partial charge is 0.261 e. The lowest BCUT2D eigenvalue weighted by Crippen LogP contribution is -2.48. The van der Waals surface area contributed by atoms with Crippen LogP contribution < -0.4 is 9.62 Å². The molecule has 1 amide bonds. The summed E-state index contributed by atoms with van der Waals surface area (Å²) in [5, 5.41) is 0. The summed E-state index contributed by atoms with van der Waals surface area (Å²) in [6.45, 7) is 1.61. The molecule has 1 saturated heterocycles. The third-order valence-electron chi connectivity index (χ3n) is 5.83. The van der Waals surface area contributed by atoms with Crippen molar-refractivity contribution in [2.75, 3.05) is 36.3 Å². The van der Waals surface area contributed by atoms with E-state index in [1.807, 2.05) is 35.2 Å². The van der Waals surface area contributed by atoms with Crippen LogP contribution in [0, 0.1) is 0 Å². The minimum Gasteiger partial charge on any atom is -0.359 e. The first-order valence-corrected chi connectivity index (χ1v) is 12.3. The molecule has 0 bridgehead atoms. The number of anilines is 2. The number of fused-ring (bicyclic) bond motifs is 1. The number of sulfonamides is 1. The number of hydrogen-bond donors (Lipinski definition) is 1. The molecule has 5 rings (SSSR count). The number of carbonyl (C=O) groups excluding carboxylic acids is 1. The Balaban J connectivity index is 1.51. The van der Waals surface area contributed by atoms with Crippen LogP contribution in [0.1, 0.15) is 0 Å². The fourth-order valence-electron chi connectivity index (χ4n) is 3.93. The fourth-order valence-corrected chi connectivity index (χ4v) is 5.04. The predicted molar refractivity (Wildman–Crippen MR) is 132 cm³/mol. The first-order chi connectivity index (χ1) is 16.4. The Kier molecular flexibility index (Phi) is 5.62. The predicted octanol–water partition coefficient (Wildman–Crippen LogP) is 3.38. The number of rotatable bonds is 5. The summed E-state index contributed by atoms with van der Waals surface area (Å²) in [6.07, 6.45) is 1.71. The van der Waals surface area contributed by atoms with Crippen LogP contribution in [0.25, 0.3) is 22.3 Å². The molecule has 4 aromatic rings. The number of pyridine rings is 2. The second-order valence-electron chi connectivity index (χ2n) is 8.13. The van der Waals surface area contributed by atoms with Crippen LogP contribution in [0.3, 0.4) is 0 Å². The average molecular weight is 474 g/mol. The van der Waals surface area contributed by atoms with E-state index in [-0.39, 0.29) is 17.3 Å². The van der Waals surface area contributed by atoms with Gasteiger partial charge < -0.3 is 9.80 Å². The second kappa shape index (κ2) is 8.75. The highest BCUT2D eigenvalue weighted by atomic mass is 32.2. The molecular formula is C25H23N5O3S. The van der Waals surface area contributed by atoms with Crippen LogP contribution in [0.4, 0.5) is 11.4 Å². The molecule has 2 aromatic heterocycles. The normalized spacial score (nSPS) is 14.4. The fraction of sp³-hybridized carbons (Fsp3) is 0.160. The van der Waals surface area contributed by atoms with Gasteiger partial charge in [0.15, 0.2) is 0 Å². The van der Waals surface area contributed by atoms with E-state index in [9.17, 15) is 13.2 Å². The van der Waals surface area contributed by atoms with Gasteiger partial charge in [-0.05, 0) is 42.5 Å². The molecule has 0 radical (unpaired) electrons. The molecule has 0 spiro atoms. The summed E-state index contributed by atoms with van der Waals surface area (Å²) in [5.41, 5.74) is 4.01. The third-order valence-corrected chi connectivity index (χ3v) is 7.21. The molecule has 3 heterocycles. The van der Waals surface area contributed by atoms with Crippen LogP contribution in [0.5, 0.6) is 0 Å². The first-order valence-electron chi connectivity index (χ1n) is 10.8. The van der Waals surface area contributed by atoms with Gasteiger partial charge in [0.2, 0.25) is 5.91 Å². The Morgan fingerprint density at radius 3 is 2.56 bits per heavy atom.